The van der Waals surface area contributed by atoms with Crippen molar-refractivity contribution in [3.05, 3.63) is 5.82 Å². The number of hydrogen-bond donors (Lipinski definition) is 0. The van der Waals surface area contributed by atoms with Crippen LogP contribution < -0.4 is 0 Å². The van der Waals surface area contributed by atoms with Gasteiger partial charge in [-0.25, -0.2) is 4.68 Å². The molecular formula is C11H19N5. The third-order valence-corrected chi connectivity index (χ3v) is 3.69. The van der Waals surface area contributed by atoms with Gasteiger partial charge in [-0.1, -0.05) is 6.92 Å². The van der Waals surface area contributed by atoms with E-state index >= 15 is 0 Å². The Balaban J connectivity index is 1.62. The Morgan fingerprint density at radius 2 is 1.94 bits per heavy atom. The maximum Gasteiger partial charge on any atom is 0.165 e. The molecule has 0 atom stereocenters. The average molecular weight is 221 g/mol. The van der Waals surface area contributed by atoms with E-state index in [0.29, 0.717) is 6.04 Å². The molecule has 2 fully saturated rings. The highest BCUT2D eigenvalue weighted by Crippen LogP contribution is 2.34. The van der Waals surface area contributed by atoms with Crippen LogP contribution in [0.25, 0.3) is 0 Å². The Labute approximate surface area is 95.8 Å². The number of tetrazole rings is 1. The van der Waals surface area contributed by atoms with E-state index in [1.165, 1.54) is 38.8 Å². The van der Waals surface area contributed by atoms with Gasteiger partial charge in [0, 0.05) is 0 Å². The third-order valence-electron chi connectivity index (χ3n) is 3.69. The van der Waals surface area contributed by atoms with E-state index in [1.54, 1.807) is 0 Å². The van der Waals surface area contributed by atoms with Gasteiger partial charge in [-0.3, -0.25) is 4.90 Å². The molecule has 0 aromatic carbocycles. The van der Waals surface area contributed by atoms with E-state index in [1.807, 2.05) is 4.68 Å². The van der Waals surface area contributed by atoms with E-state index in [0.717, 1.165) is 18.3 Å². The largest absolute Gasteiger partial charge is 0.296 e. The summed E-state index contributed by atoms with van der Waals surface area (Å²) in [5, 5.41) is 12.0. The SMILES string of the molecule is CC1CCN(Cc2nnnn2C2CC2)CC1. The first-order chi connectivity index (χ1) is 7.83. The normalized spacial score (nSPS) is 23.8. The molecule has 1 aromatic rings. The minimum atomic E-state index is 0.591. The van der Waals surface area contributed by atoms with E-state index in [2.05, 4.69) is 27.3 Å². The van der Waals surface area contributed by atoms with Crippen molar-refractivity contribution < 1.29 is 0 Å². The molecular weight excluding hydrogens is 202 g/mol. The minimum absolute atomic E-state index is 0.591. The molecule has 5 heteroatoms. The van der Waals surface area contributed by atoms with Crippen LogP contribution in [0, 0.1) is 5.92 Å². The molecule has 0 bridgehead atoms. The van der Waals surface area contributed by atoms with Crippen LogP contribution in [0.1, 0.15) is 44.5 Å². The number of likely N-dealkylation sites (tertiary alicyclic amines) is 1. The molecule has 1 aliphatic heterocycles. The molecule has 0 spiro atoms. The summed E-state index contributed by atoms with van der Waals surface area (Å²) in [5.41, 5.74) is 0. The van der Waals surface area contributed by atoms with E-state index in [-0.39, 0.29) is 0 Å². The van der Waals surface area contributed by atoms with Gasteiger partial charge in [-0.05, 0) is 55.1 Å². The highest BCUT2D eigenvalue weighted by Gasteiger charge is 2.28. The lowest BCUT2D eigenvalue weighted by Crippen LogP contribution is -2.33. The first-order valence-corrected chi connectivity index (χ1v) is 6.32. The van der Waals surface area contributed by atoms with Crippen molar-refractivity contribution in [3.8, 4) is 0 Å². The van der Waals surface area contributed by atoms with Crippen LogP contribution in [0.5, 0.6) is 0 Å². The summed E-state index contributed by atoms with van der Waals surface area (Å²) in [7, 11) is 0. The van der Waals surface area contributed by atoms with E-state index < -0.39 is 0 Å². The van der Waals surface area contributed by atoms with Crippen LogP contribution in [0.4, 0.5) is 0 Å². The summed E-state index contributed by atoms with van der Waals surface area (Å²) < 4.78 is 2.03. The molecule has 88 valence electrons. The summed E-state index contributed by atoms with van der Waals surface area (Å²) in [6, 6.07) is 0.591. The molecule has 0 amide bonds. The second-order valence-corrected chi connectivity index (χ2v) is 5.23. The highest BCUT2D eigenvalue weighted by molar-refractivity contribution is 4.90. The smallest absolute Gasteiger partial charge is 0.165 e. The summed E-state index contributed by atoms with van der Waals surface area (Å²) in [4.78, 5) is 2.48. The van der Waals surface area contributed by atoms with Crippen molar-refractivity contribution in [1.82, 2.24) is 25.1 Å². The quantitative estimate of drug-likeness (QED) is 0.770. The molecule has 1 aliphatic carbocycles. The Morgan fingerprint density at radius 3 is 2.62 bits per heavy atom. The van der Waals surface area contributed by atoms with Crippen LogP contribution in [0.2, 0.25) is 0 Å². The monoisotopic (exact) mass is 221 g/mol. The summed E-state index contributed by atoms with van der Waals surface area (Å²) >= 11 is 0. The van der Waals surface area contributed by atoms with Crippen molar-refractivity contribution in [2.75, 3.05) is 13.1 Å². The van der Waals surface area contributed by atoms with Crippen LogP contribution in [0.15, 0.2) is 0 Å². The molecule has 0 N–H and O–H groups in total. The van der Waals surface area contributed by atoms with E-state index in [4.69, 9.17) is 0 Å². The van der Waals surface area contributed by atoms with Gasteiger partial charge in [0.05, 0.1) is 12.6 Å². The fourth-order valence-electron chi connectivity index (χ4n) is 2.34. The van der Waals surface area contributed by atoms with Gasteiger partial charge in [0.1, 0.15) is 0 Å². The fraction of sp³-hybridized carbons (Fsp3) is 0.909. The van der Waals surface area contributed by atoms with Gasteiger partial charge in [0.2, 0.25) is 0 Å². The molecule has 2 heterocycles. The van der Waals surface area contributed by atoms with Gasteiger partial charge < -0.3 is 0 Å². The number of aromatic nitrogens is 4. The Bertz CT molecular complexity index is 349. The van der Waals surface area contributed by atoms with Gasteiger partial charge >= 0.3 is 0 Å². The Kier molecular flexibility index (Phi) is 2.63. The molecule has 1 saturated heterocycles. The molecule has 5 nitrogen and oxygen atoms in total. The van der Waals surface area contributed by atoms with Crippen LogP contribution in [-0.2, 0) is 6.54 Å². The second kappa shape index (κ2) is 4.13. The average Bonchev–Trinajstić information content (AvgIpc) is 3.03. The summed E-state index contributed by atoms with van der Waals surface area (Å²) in [6.45, 7) is 5.65. The first kappa shape index (κ1) is 10.2. The van der Waals surface area contributed by atoms with Crippen molar-refractivity contribution >= 4 is 0 Å². The number of rotatable bonds is 3. The molecule has 0 radical (unpaired) electrons. The van der Waals surface area contributed by atoms with E-state index in [9.17, 15) is 0 Å². The Morgan fingerprint density at radius 1 is 1.19 bits per heavy atom. The van der Waals surface area contributed by atoms with Gasteiger partial charge in [0.15, 0.2) is 5.82 Å². The maximum absolute atomic E-state index is 4.15. The lowest BCUT2D eigenvalue weighted by molar-refractivity contribution is 0.178. The van der Waals surface area contributed by atoms with Crippen LogP contribution >= 0.6 is 0 Å². The zero-order valence-corrected chi connectivity index (χ0v) is 9.84. The minimum Gasteiger partial charge on any atom is -0.296 e. The number of hydrogen-bond acceptors (Lipinski definition) is 4. The number of piperidine rings is 1. The van der Waals surface area contributed by atoms with Crippen LogP contribution in [0.3, 0.4) is 0 Å². The molecule has 16 heavy (non-hydrogen) atoms. The zero-order valence-electron chi connectivity index (χ0n) is 9.84. The van der Waals surface area contributed by atoms with Gasteiger partial charge in [-0.2, -0.15) is 0 Å². The predicted octanol–water partition coefficient (Wildman–Crippen LogP) is 1.24. The van der Waals surface area contributed by atoms with Crippen molar-refractivity contribution in [3.63, 3.8) is 0 Å². The standard InChI is InChI=1S/C11H19N5/c1-9-4-6-15(7-5-9)8-11-12-13-14-16(11)10-2-3-10/h9-10H,2-8H2,1H3. The highest BCUT2D eigenvalue weighted by atomic mass is 15.6. The van der Waals surface area contributed by atoms with Crippen LogP contribution in [-0.4, -0.2) is 38.2 Å². The maximum atomic E-state index is 4.15. The Hall–Kier alpha value is -0.970. The zero-order chi connectivity index (χ0) is 11.0. The lowest BCUT2D eigenvalue weighted by Gasteiger charge is -2.29. The molecule has 0 unspecified atom stereocenters. The topological polar surface area (TPSA) is 46.8 Å². The van der Waals surface area contributed by atoms with Crippen molar-refractivity contribution in [2.24, 2.45) is 5.92 Å². The predicted molar refractivity (Wildman–Crippen MR) is 59.8 cm³/mol. The lowest BCUT2D eigenvalue weighted by atomic mass is 9.99. The first-order valence-electron chi connectivity index (χ1n) is 6.32. The molecule has 1 saturated carbocycles. The molecule has 3 rings (SSSR count). The van der Waals surface area contributed by atoms with Crippen molar-refractivity contribution in [2.45, 2.75) is 45.2 Å². The third kappa shape index (κ3) is 2.09. The fourth-order valence-corrected chi connectivity index (χ4v) is 2.34. The summed E-state index contributed by atoms with van der Waals surface area (Å²) in [6.07, 6.45) is 5.11. The molecule has 2 aliphatic rings. The van der Waals surface area contributed by atoms with Crippen molar-refractivity contribution in [1.29, 1.82) is 0 Å². The van der Waals surface area contributed by atoms with Gasteiger partial charge in [-0.15, -0.1) is 5.10 Å². The summed E-state index contributed by atoms with van der Waals surface area (Å²) in [5.74, 6) is 1.94. The second-order valence-electron chi connectivity index (χ2n) is 5.23. The molecule has 1 aromatic heterocycles. The van der Waals surface area contributed by atoms with Gasteiger partial charge in [0.25, 0.3) is 0 Å². The number of nitrogens with zero attached hydrogens (tertiary/aromatic N) is 5.